The number of halogens is 1. The van der Waals surface area contributed by atoms with Crippen molar-refractivity contribution in [3.8, 4) is 5.75 Å². The highest BCUT2D eigenvalue weighted by atomic mass is 31.1. The lowest BCUT2D eigenvalue weighted by Crippen LogP contribution is -2.25. The van der Waals surface area contributed by atoms with Gasteiger partial charge in [-0.05, 0) is 59.0 Å². The Kier molecular flexibility index (Phi) is 10.7. The van der Waals surface area contributed by atoms with Crippen LogP contribution in [-0.2, 0) is 18.0 Å². The van der Waals surface area contributed by atoms with Gasteiger partial charge in [-0.25, -0.2) is 4.39 Å². The fourth-order valence-corrected chi connectivity index (χ4v) is 7.32. The van der Waals surface area contributed by atoms with E-state index in [1.165, 1.54) is 16.7 Å². The molecule has 40 heavy (non-hydrogen) atoms. The van der Waals surface area contributed by atoms with Crippen molar-refractivity contribution in [3.05, 3.63) is 130 Å². The average Bonchev–Trinajstić information content (AvgIpc) is 2.97. The number of hydrogen-bond acceptors (Lipinski definition) is 2. The zero-order valence-electron chi connectivity index (χ0n) is 24.0. The Morgan fingerprint density at radius 3 is 2.12 bits per heavy atom. The van der Waals surface area contributed by atoms with E-state index in [1.807, 2.05) is 18.2 Å². The molecule has 0 fully saturated rings. The average molecular weight is 554 g/mol. The quantitative estimate of drug-likeness (QED) is 0.100. The van der Waals surface area contributed by atoms with Gasteiger partial charge in [0.2, 0.25) is 0 Å². The van der Waals surface area contributed by atoms with Crippen molar-refractivity contribution in [2.24, 2.45) is 4.99 Å². The number of phenols is 1. The summed E-state index contributed by atoms with van der Waals surface area (Å²) >= 11 is 0. The van der Waals surface area contributed by atoms with Crippen LogP contribution in [0.25, 0.3) is 0 Å². The third kappa shape index (κ3) is 7.46. The van der Waals surface area contributed by atoms with E-state index < -0.39 is 0 Å². The lowest BCUT2D eigenvalue weighted by molar-refractivity contribution is 0.432. The van der Waals surface area contributed by atoms with Gasteiger partial charge < -0.3 is 5.11 Å². The summed E-state index contributed by atoms with van der Waals surface area (Å²) < 4.78 is 14.2. The van der Waals surface area contributed by atoms with Gasteiger partial charge in [0.05, 0.1) is 0 Å². The molecular formula is C36H41FNOP. The first-order valence-corrected chi connectivity index (χ1v) is 15.4. The highest BCUT2D eigenvalue weighted by Gasteiger charge is 2.35. The van der Waals surface area contributed by atoms with Crippen LogP contribution in [0.5, 0.6) is 5.75 Å². The molecule has 4 rings (SSSR count). The Labute approximate surface area is 241 Å². The number of rotatable bonds is 13. The van der Waals surface area contributed by atoms with Crippen molar-refractivity contribution in [2.75, 3.05) is 7.05 Å². The second-order valence-electron chi connectivity index (χ2n) is 10.6. The van der Waals surface area contributed by atoms with Crippen LogP contribution in [0.4, 0.5) is 4.39 Å². The molecule has 0 saturated carbocycles. The zero-order valence-corrected chi connectivity index (χ0v) is 25.0. The largest absolute Gasteiger partial charge is 0.507 e. The number of aliphatic imine (C=N–C) groups is 1. The van der Waals surface area contributed by atoms with Crippen molar-refractivity contribution < 1.29 is 9.50 Å². The predicted molar refractivity (Wildman–Crippen MR) is 171 cm³/mol. The first-order valence-electron chi connectivity index (χ1n) is 14.4. The summed E-state index contributed by atoms with van der Waals surface area (Å²) in [5.41, 5.74) is 6.43. The van der Waals surface area contributed by atoms with E-state index in [0.29, 0.717) is 20.8 Å². The van der Waals surface area contributed by atoms with E-state index in [9.17, 15) is 9.50 Å². The number of phenolic OH excluding ortho intramolecular Hbond substituents is 1. The van der Waals surface area contributed by atoms with Crippen LogP contribution in [-0.4, -0.2) is 18.4 Å². The van der Waals surface area contributed by atoms with Gasteiger partial charge >= 0.3 is 0 Å². The maximum atomic E-state index is 14.2. The maximum Gasteiger partial charge on any atom is 0.123 e. The minimum Gasteiger partial charge on any atom is -0.507 e. The zero-order chi connectivity index (χ0) is 28.4. The molecule has 0 aliphatic carbocycles. The van der Waals surface area contributed by atoms with Crippen molar-refractivity contribution in [2.45, 2.75) is 63.9 Å². The Hall–Kier alpha value is -3.29. The molecule has 2 nitrogen and oxygen atoms in total. The number of aromatic hydroxyl groups is 1. The van der Waals surface area contributed by atoms with Crippen LogP contribution in [0.15, 0.2) is 96.0 Å². The molecule has 0 heterocycles. The second kappa shape index (κ2) is 14.4. The fourth-order valence-electron chi connectivity index (χ4n) is 5.56. The van der Waals surface area contributed by atoms with E-state index in [2.05, 4.69) is 79.5 Å². The van der Waals surface area contributed by atoms with E-state index in [4.69, 9.17) is 0 Å². The molecule has 0 radical (unpaired) electrons. The number of unbranched alkanes of at least 4 members (excludes halogenated alkanes) is 2. The summed E-state index contributed by atoms with van der Waals surface area (Å²) in [6.07, 6.45) is 8.41. The molecule has 2 atom stereocenters. The first-order chi connectivity index (χ1) is 19.5. The molecule has 208 valence electrons. The van der Waals surface area contributed by atoms with Crippen molar-refractivity contribution in [1.29, 1.82) is 0 Å². The van der Waals surface area contributed by atoms with Gasteiger partial charge in [0.1, 0.15) is 11.6 Å². The summed E-state index contributed by atoms with van der Waals surface area (Å²) in [7, 11) is 2.09. The summed E-state index contributed by atoms with van der Waals surface area (Å²) in [6.45, 7) is 4.46. The van der Waals surface area contributed by atoms with Crippen molar-refractivity contribution in [3.63, 3.8) is 0 Å². The minimum atomic E-state index is -0.272. The van der Waals surface area contributed by atoms with E-state index in [1.54, 1.807) is 25.4 Å². The third-order valence-corrected chi connectivity index (χ3v) is 9.80. The van der Waals surface area contributed by atoms with Gasteiger partial charge in [0, 0.05) is 36.0 Å². The topological polar surface area (TPSA) is 32.6 Å². The molecule has 0 aromatic heterocycles. The molecule has 0 bridgehead atoms. The van der Waals surface area contributed by atoms with Crippen LogP contribution >= 0.6 is 8.58 Å². The lowest BCUT2D eigenvalue weighted by atomic mass is 9.85. The smallest absolute Gasteiger partial charge is 0.123 e. The molecule has 0 amide bonds. The predicted octanol–water partition coefficient (Wildman–Crippen LogP) is 8.95. The van der Waals surface area contributed by atoms with Crippen LogP contribution in [0.2, 0.25) is 0 Å². The third-order valence-electron chi connectivity index (χ3n) is 7.72. The molecule has 0 saturated heterocycles. The van der Waals surface area contributed by atoms with Gasteiger partial charge in [-0.2, -0.15) is 0 Å². The van der Waals surface area contributed by atoms with E-state index in [-0.39, 0.29) is 11.0 Å². The molecule has 2 unspecified atom stereocenters. The van der Waals surface area contributed by atoms with Crippen molar-refractivity contribution >= 4 is 20.1 Å². The molecule has 1 N–H and O–H groups in total. The molecule has 4 aromatic carbocycles. The standard InChI is InChI=1S/C36H41FNOP/c1-4-6-13-20-36(5-2,40-34-19-18-32(37)25-31(34)26-38-3)33-24-29(21-27-14-9-7-10-15-27)23-30(35(33)39)22-28-16-11-8-12-17-28/h7-12,14-19,23-26,39-40H,4-6,13,20-22H2,1-3H3. The van der Waals surface area contributed by atoms with Crippen LogP contribution in [0, 0.1) is 5.82 Å². The van der Waals surface area contributed by atoms with Gasteiger partial charge in [-0.15, -0.1) is 0 Å². The molecule has 4 heteroatoms. The summed E-state index contributed by atoms with van der Waals surface area (Å²) in [6, 6.07) is 30.4. The molecule has 0 aliphatic heterocycles. The van der Waals surface area contributed by atoms with Gasteiger partial charge in [0.15, 0.2) is 0 Å². The molecule has 4 aromatic rings. The molecule has 0 spiro atoms. The number of nitrogens with zero attached hydrogens (tertiary/aromatic N) is 1. The fraction of sp³-hybridized carbons (Fsp3) is 0.306. The normalized spacial score (nSPS) is 13.3. The Morgan fingerprint density at radius 1 is 0.825 bits per heavy atom. The minimum absolute atomic E-state index is 0.255. The van der Waals surface area contributed by atoms with E-state index in [0.717, 1.165) is 60.5 Å². The number of hydrogen-bond donors (Lipinski definition) is 1. The summed E-state index contributed by atoms with van der Waals surface area (Å²) in [5.74, 6) is 0.147. The second-order valence-corrected chi connectivity index (χ2v) is 12.4. The van der Waals surface area contributed by atoms with Crippen LogP contribution < -0.4 is 5.30 Å². The maximum absolute atomic E-state index is 14.2. The van der Waals surface area contributed by atoms with Gasteiger partial charge in [-0.3, -0.25) is 4.99 Å². The Balaban J connectivity index is 1.87. The van der Waals surface area contributed by atoms with Crippen LogP contribution in [0.1, 0.15) is 79.3 Å². The van der Waals surface area contributed by atoms with Gasteiger partial charge in [0.25, 0.3) is 0 Å². The Morgan fingerprint density at radius 2 is 1.50 bits per heavy atom. The molecule has 0 aliphatic rings. The number of benzene rings is 4. The molecular weight excluding hydrogens is 512 g/mol. The SMILES string of the molecule is CCCCCC(CC)(Pc1ccc(F)cc1C=NC)c1cc(Cc2ccccc2)cc(Cc2ccccc2)c1O. The van der Waals surface area contributed by atoms with Gasteiger partial charge in [-0.1, -0.05) is 121 Å². The monoisotopic (exact) mass is 553 g/mol. The summed E-state index contributed by atoms with van der Waals surface area (Å²) in [4.78, 5) is 4.21. The highest BCUT2D eigenvalue weighted by Crippen LogP contribution is 2.52. The first kappa shape index (κ1) is 29.7. The van der Waals surface area contributed by atoms with E-state index >= 15 is 0 Å². The van der Waals surface area contributed by atoms with Crippen molar-refractivity contribution in [1.82, 2.24) is 0 Å². The Bertz CT molecular complexity index is 1400. The summed E-state index contributed by atoms with van der Waals surface area (Å²) in [5, 5.41) is 12.8. The van der Waals surface area contributed by atoms with Crippen LogP contribution in [0.3, 0.4) is 0 Å². The highest BCUT2D eigenvalue weighted by molar-refractivity contribution is 7.48. The lowest BCUT2D eigenvalue weighted by Gasteiger charge is -2.36.